The van der Waals surface area contributed by atoms with Gasteiger partial charge < -0.3 is 10.1 Å². The number of piperidine rings is 1. The normalized spacial score (nSPS) is 15.2. The van der Waals surface area contributed by atoms with E-state index in [1.807, 2.05) is 73.7 Å². The predicted octanol–water partition coefficient (Wildman–Crippen LogP) is 4.97. The Bertz CT molecular complexity index is 1170. The second-order valence-electron chi connectivity index (χ2n) is 8.34. The molecule has 1 fully saturated rings. The van der Waals surface area contributed by atoms with Crippen molar-refractivity contribution in [1.29, 1.82) is 0 Å². The zero-order valence-corrected chi connectivity index (χ0v) is 19.4. The number of carbonyl (C=O) groups is 1. The molecule has 1 N–H and O–H groups in total. The van der Waals surface area contributed by atoms with Crippen LogP contribution in [0.2, 0.25) is 0 Å². The first-order valence-electron chi connectivity index (χ1n) is 11.1. The number of aryl methyl sites for hydroxylation is 1. The number of nitrogens with zero attached hydrogens (tertiary/aromatic N) is 1. The molecular weight excluding hydrogens is 436 g/mol. The first-order chi connectivity index (χ1) is 15.9. The summed E-state index contributed by atoms with van der Waals surface area (Å²) in [6.07, 6.45) is 1.02. The fraction of sp³-hybridized carbons (Fsp3) is 0.269. The van der Waals surface area contributed by atoms with Gasteiger partial charge in [0.05, 0.1) is 5.75 Å². The third-order valence-electron chi connectivity index (χ3n) is 5.79. The van der Waals surface area contributed by atoms with E-state index in [1.54, 1.807) is 12.1 Å². The van der Waals surface area contributed by atoms with E-state index in [0.717, 1.165) is 16.9 Å². The van der Waals surface area contributed by atoms with Crippen molar-refractivity contribution in [3.8, 4) is 11.5 Å². The standard InChI is InChI=1S/C26H28N2O4S/c1-20-7-9-21(10-8-20)19-33(30,31)28-17-15-22(16-18-28)26(29)27-23-11-13-25(14-12-23)32-24-5-3-2-4-6-24/h2-14,22H,15-19H2,1H3,(H,27,29). The number of sulfonamides is 1. The van der Waals surface area contributed by atoms with Gasteiger partial charge in [-0.1, -0.05) is 48.0 Å². The molecule has 0 bridgehead atoms. The van der Waals surface area contributed by atoms with Crippen LogP contribution in [0.3, 0.4) is 0 Å². The molecule has 6 nitrogen and oxygen atoms in total. The molecule has 172 valence electrons. The first kappa shape index (κ1) is 23.0. The van der Waals surface area contributed by atoms with E-state index >= 15 is 0 Å². The van der Waals surface area contributed by atoms with E-state index in [9.17, 15) is 13.2 Å². The third kappa shape index (κ3) is 6.21. The number of hydrogen-bond acceptors (Lipinski definition) is 4. The molecule has 4 rings (SSSR count). The first-order valence-corrected chi connectivity index (χ1v) is 12.7. The van der Waals surface area contributed by atoms with Crippen LogP contribution in [0, 0.1) is 12.8 Å². The lowest BCUT2D eigenvalue weighted by atomic mass is 9.97. The molecule has 1 amide bonds. The van der Waals surface area contributed by atoms with E-state index in [4.69, 9.17) is 4.74 Å². The van der Waals surface area contributed by atoms with Gasteiger partial charge in [0.2, 0.25) is 15.9 Å². The smallest absolute Gasteiger partial charge is 0.227 e. The quantitative estimate of drug-likeness (QED) is 0.536. The van der Waals surface area contributed by atoms with E-state index in [2.05, 4.69) is 5.32 Å². The van der Waals surface area contributed by atoms with E-state index < -0.39 is 10.0 Å². The summed E-state index contributed by atoms with van der Waals surface area (Å²) < 4.78 is 32.8. The molecule has 0 atom stereocenters. The maximum Gasteiger partial charge on any atom is 0.227 e. The Kier molecular flexibility index (Phi) is 7.11. The molecule has 7 heteroatoms. The number of anilines is 1. The van der Waals surface area contributed by atoms with Gasteiger partial charge in [-0.15, -0.1) is 0 Å². The SMILES string of the molecule is Cc1ccc(CS(=O)(=O)N2CCC(C(=O)Nc3ccc(Oc4ccccc4)cc3)CC2)cc1. The summed E-state index contributed by atoms with van der Waals surface area (Å²) in [4.78, 5) is 12.7. The minimum Gasteiger partial charge on any atom is -0.457 e. The van der Waals surface area contributed by atoms with E-state index in [0.29, 0.717) is 37.4 Å². The molecule has 1 aliphatic rings. The Morgan fingerprint density at radius 2 is 1.52 bits per heavy atom. The maximum absolute atomic E-state index is 12.8. The van der Waals surface area contributed by atoms with Crippen LogP contribution in [0.5, 0.6) is 11.5 Å². The number of amides is 1. The van der Waals surface area contributed by atoms with Gasteiger partial charge in [0.25, 0.3) is 0 Å². The number of ether oxygens (including phenoxy) is 1. The molecule has 0 aromatic heterocycles. The molecule has 0 saturated carbocycles. The van der Waals surface area contributed by atoms with Gasteiger partial charge in [0.15, 0.2) is 0 Å². The number of nitrogens with one attached hydrogen (secondary N) is 1. The van der Waals surface area contributed by atoms with E-state index in [1.165, 1.54) is 4.31 Å². The predicted molar refractivity (Wildman–Crippen MR) is 130 cm³/mol. The molecule has 0 unspecified atom stereocenters. The van der Waals surface area contributed by atoms with Crippen molar-refractivity contribution in [3.63, 3.8) is 0 Å². The average Bonchev–Trinajstić information content (AvgIpc) is 2.82. The number of carbonyl (C=O) groups excluding carboxylic acids is 1. The molecule has 1 aliphatic heterocycles. The van der Waals surface area contributed by atoms with Gasteiger partial charge in [0, 0.05) is 24.7 Å². The Morgan fingerprint density at radius 3 is 2.15 bits per heavy atom. The fourth-order valence-corrected chi connectivity index (χ4v) is 5.42. The minimum atomic E-state index is -3.40. The Morgan fingerprint density at radius 1 is 0.909 bits per heavy atom. The van der Waals surface area contributed by atoms with Crippen molar-refractivity contribution in [2.45, 2.75) is 25.5 Å². The summed E-state index contributed by atoms with van der Waals surface area (Å²) >= 11 is 0. The Balaban J connectivity index is 1.28. The zero-order valence-electron chi connectivity index (χ0n) is 18.6. The van der Waals surface area contributed by atoms with Crippen molar-refractivity contribution < 1.29 is 17.9 Å². The highest BCUT2D eigenvalue weighted by molar-refractivity contribution is 7.88. The monoisotopic (exact) mass is 464 g/mol. The largest absolute Gasteiger partial charge is 0.457 e. The summed E-state index contributed by atoms with van der Waals surface area (Å²) in [7, 11) is -3.40. The minimum absolute atomic E-state index is 0.0124. The van der Waals surface area contributed by atoms with Gasteiger partial charge in [-0.3, -0.25) is 4.79 Å². The lowest BCUT2D eigenvalue weighted by Gasteiger charge is -2.30. The highest BCUT2D eigenvalue weighted by Crippen LogP contribution is 2.25. The molecule has 0 spiro atoms. The molecular formula is C26H28N2O4S. The number of hydrogen-bond donors (Lipinski definition) is 1. The number of benzene rings is 3. The maximum atomic E-state index is 12.8. The molecule has 3 aromatic rings. The van der Waals surface area contributed by atoms with Crippen molar-refractivity contribution in [2.75, 3.05) is 18.4 Å². The van der Waals surface area contributed by atoms with Crippen molar-refractivity contribution in [2.24, 2.45) is 5.92 Å². The molecule has 0 radical (unpaired) electrons. The highest BCUT2D eigenvalue weighted by atomic mass is 32.2. The van der Waals surface area contributed by atoms with Gasteiger partial charge in [-0.2, -0.15) is 0 Å². The zero-order chi connectivity index (χ0) is 23.3. The molecule has 1 heterocycles. The van der Waals surface area contributed by atoms with Gasteiger partial charge in [-0.25, -0.2) is 12.7 Å². The highest BCUT2D eigenvalue weighted by Gasteiger charge is 2.31. The van der Waals surface area contributed by atoms with Crippen LogP contribution >= 0.6 is 0 Å². The van der Waals surface area contributed by atoms with Crippen molar-refractivity contribution in [1.82, 2.24) is 4.31 Å². The molecule has 0 aliphatic carbocycles. The van der Waals surface area contributed by atoms with Crippen LogP contribution in [0.15, 0.2) is 78.9 Å². The van der Waals surface area contributed by atoms with Crippen LogP contribution in [-0.4, -0.2) is 31.7 Å². The summed E-state index contributed by atoms with van der Waals surface area (Å²) in [5, 5.41) is 2.94. The van der Waals surface area contributed by atoms with Crippen LogP contribution in [0.4, 0.5) is 5.69 Å². The van der Waals surface area contributed by atoms with Gasteiger partial charge >= 0.3 is 0 Å². The number of rotatable bonds is 7. The lowest BCUT2D eigenvalue weighted by Crippen LogP contribution is -2.41. The summed E-state index contributed by atoms with van der Waals surface area (Å²) in [6, 6.07) is 24.3. The third-order valence-corrected chi connectivity index (χ3v) is 7.64. The van der Waals surface area contributed by atoms with Crippen molar-refractivity contribution >= 4 is 21.6 Å². The topological polar surface area (TPSA) is 75.7 Å². The lowest BCUT2D eigenvalue weighted by molar-refractivity contribution is -0.120. The van der Waals surface area contributed by atoms with Crippen LogP contribution in [0.25, 0.3) is 0 Å². The summed E-state index contributed by atoms with van der Waals surface area (Å²) in [6.45, 7) is 2.69. The molecule has 3 aromatic carbocycles. The Hall–Kier alpha value is -3.16. The average molecular weight is 465 g/mol. The Labute approximate surface area is 195 Å². The van der Waals surface area contributed by atoms with Gasteiger partial charge in [-0.05, 0) is 61.7 Å². The second-order valence-corrected chi connectivity index (χ2v) is 10.3. The van der Waals surface area contributed by atoms with E-state index in [-0.39, 0.29) is 17.6 Å². The number of para-hydroxylation sites is 1. The van der Waals surface area contributed by atoms with Crippen molar-refractivity contribution in [3.05, 3.63) is 90.0 Å². The van der Waals surface area contributed by atoms with Crippen LogP contribution in [0.1, 0.15) is 24.0 Å². The molecule has 33 heavy (non-hydrogen) atoms. The summed E-state index contributed by atoms with van der Waals surface area (Å²) in [5.74, 6) is 1.13. The van der Waals surface area contributed by atoms with Crippen LogP contribution < -0.4 is 10.1 Å². The fourth-order valence-electron chi connectivity index (χ4n) is 3.86. The molecule has 1 saturated heterocycles. The second kappa shape index (κ2) is 10.2. The van der Waals surface area contributed by atoms with Crippen LogP contribution in [-0.2, 0) is 20.6 Å². The van der Waals surface area contributed by atoms with Gasteiger partial charge in [0.1, 0.15) is 11.5 Å². The summed E-state index contributed by atoms with van der Waals surface area (Å²) in [5.41, 5.74) is 2.57.